The highest BCUT2D eigenvalue weighted by atomic mass is 19.4. The Morgan fingerprint density at radius 2 is 1.71 bits per heavy atom. The second-order valence-corrected chi connectivity index (χ2v) is 8.58. The van der Waals surface area contributed by atoms with Gasteiger partial charge >= 0.3 is 18.3 Å². The fraction of sp³-hybridized carbons (Fsp3) is 0.458. The molecular weight excluding hydrogens is 480 g/mol. The second kappa shape index (κ2) is 10.9. The third-order valence-electron chi connectivity index (χ3n) is 5.94. The third kappa shape index (κ3) is 7.60. The molecular formula is C24H25F6NO4. The Kier molecular flexibility index (Phi) is 8.32. The number of benzene rings is 2. The van der Waals surface area contributed by atoms with Gasteiger partial charge in [-0.3, -0.25) is 9.69 Å². The number of hydrogen-bond donors (Lipinski definition) is 2. The number of rotatable bonds is 8. The van der Waals surface area contributed by atoms with Gasteiger partial charge in [-0.1, -0.05) is 12.1 Å². The van der Waals surface area contributed by atoms with Crippen molar-refractivity contribution >= 4 is 5.97 Å². The highest BCUT2D eigenvalue weighted by Gasteiger charge is 2.37. The number of carbonyl (C=O) groups is 1. The van der Waals surface area contributed by atoms with E-state index in [1.165, 1.54) is 0 Å². The number of aliphatic hydroxyl groups is 1. The molecule has 0 aromatic heterocycles. The van der Waals surface area contributed by atoms with Crippen LogP contribution in [0.25, 0.3) is 0 Å². The molecule has 1 heterocycles. The fourth-order valence-corrected chi connectivity index (χ4v) is 4.04. The summed E-state index contributed by atoms with van der Waals surface area (Å²) in [5.74, 6) is -0.598. The molecule has 5 nitrogen and oxygen atoms in total. The number of nitrogens with zero attached hydrogens (tertiary/aromatic N) is 1. The van der Waals surface area contributed by atoms with E-state index in [0.717, 1.165) is 0 Å². The van der Waals surface area contributed by atoms with Gasteiger partial charge < -0.3 is 14.9 Å². The number of piperidine rings is 1. The number of halogens is 6. The standard InChI is InChI=1S/C24H25F6NO4/c25-23(26,27)18-4-5-20(24(28,29)30)17(10-18)13-31-8-6-15(7-9-31)14-35-19-3-1-2-16(11-19)21(32)12-22(33)34/h1-5,10-11,15,21,32H,6-9,12-14H2,(H,33,34)/t21-/m1/s1. The summed E-state index contributed by atoms with van der Waals surface area (Å²) in [6.45, 7) is 0.872. The van der Waals surface area contributed by atoms with Crippen molar-refractivity contribution in [3.8, 4) is 5.75 Å². The van der Waals surface area contributed by atoms with Gasteiger partial charge in [-0.05, 0) is 73.3 Å². The van der Waals surface area contributed by atoms with Crippen molar-refractivity contribution in [3.05, 3.63) is 64.7 Å². The maximum absolute atomic E-state index is 13.3. The molecule has 192 valence electrons. The van der Waals surface area contributed by atoms with E-state index >= 15 is 0 Å². The Morgan fingerprint density at radius 1 is 1.03 bits per heavy atom. The number of carboxylic acids is 1. The first-order valence-electron chi connectivity index (χ1n) is 10.9. The Hall–Kier alpha value is -2.79. The van der Waals surface area contributed by atoms with Crippen molar-refractivity contribution in [2.75, 3.05) is 19.7 Å². The highest BCUT2D eigenvalue weighted by Crippen LogP contribution is 2.37. The molecule has 0 unspecified atom stereocenters. The van der Waals surface area contributed by atoms with Gasteiger partial charge in [0.25, 0.3) is 0 Å². The molecule has 11 heteroatoms. The Labute approximate surface area is 197 Å². The maximum Gasteiger partial charge on any atom is 0.416 e. The highest BCUT2D eigenvalue weighted by molar-refractivity contribution is 5.67. The first kappa shape index (κ1) is 26.8. The van der Waals surface area contributed by atoms with Gasteiger partial charge in [-0.15, -0.1) is 0 Å². The molecule has 0 aliphatic carbocycles. The van der Waals surface area contributed by atoms with Gasteiger partial charge in [0, 0.05) is 6.54 Å². The smallest absolute Gasteiger partial charge is 0.416 e. The lowest BCUT2D eigenvalue weighted by Gasteiger charge is -2.32. The van der Waals surface area contributed by atoms with Gasteiger partial charge in [-0.25, -0.2) is 0 Å². The third-order valence-corrected chi connectivity index (χ3v) is 5.94. The quantitative estimate of drug-likeness (QED) is 0.463. The number of ether oxygens (including phenoxy) is 1. The summed E-state index contributed by atoms with van der Waals surface area (Å²) < 4.78 is 84.8. The molecule has 1 aliphatic rings. The summed E-state index contributed by atoms with van der Waals surface area (Å²) in [6.07, 6.45) is -9.92. The zero-order valence-electron chi connectivity index (χ0n) is 18.6. The summed E-state index contributed by atoms with van der Waals surface area (Å²) in [6, 6.07) is 7.94. The first-order valence-corrected chi connectivity index (χ1v) is 10.9. The van der Waals surface area contributed by atoms with Gasteiger partial charge in [0.15, 0.2) is 0 Å². The lowest BCUT2D eigenvalue weighted by atomic mass is 9.96. The molecule has 1 aliphatic heterocycles. The molecule has 1 atom stereocenters. The summed E-state index contributed by atoms with van der Waals surface area (Å²) in [5.41, 5.74) is -2.18. The van der Waals surface area contributed by atoms with Crippen LogP contribution in [0.2, 0.25) is 0 Å². The summed E-state index contributed by atoms with van der Waals surface area (Å²) in [4.78, 5) is 12.5. The van der Waals surface area contributed by atoms with Gasteiger partial charge in [0.2, 0.25) is 0 Å². The summed E-state index contributed by atoms with van der Waals surface area (Å²) in [5, 5.41) is 18.7. The molecule has 35 heavy (non-hydrogen) atoms. The van der Waals surface area contributed by atoms with E-state index in [-0.39, 0.29) is 12.5 Å². The predicted octanol–water partition coefficient (Wildman–Crippen LogP) is 5.52. The zero-order valence-corrected chi connectivity index (χ0v) is 18.6. The van der Waals surface area contributed by atoms with Crippen LogP contribution in [0, 0.1) is 5.92 Å². The number of aliphatic carboxylic acids is 1. The minimum absolute atomic E-state index is 0.0856. The van der Waals surface area contributed by atoms with E-state index < -0.39 is 47.5 Å². The predicted molar refractivity (Wildman–Crippen MR) is 114 cm³/mol. The van der Waals surface area contributed by atoms with Crippen molar-refractivity contribution in [1.82, 2.24) is 4.90 Å². The minimum atomic E-state index is -4.75. The second-order valence-electron chi connectivity index (χ2n) is 8.58. The Balaban J connectivity index is 1.57. The first-order chi connectivity index (χ1) is 16.3. The molecule has 2 aromatic carbocycles. The van der Waals surface area contributed by atoms with Crippen LogP contribution in [-0.2, 0) is 23.7 Å². The Bertz CT molecular complexity index is 1020. The van der Waals surface area contributed by atoms with E-state index in [4.69, 9.17) is 9.84 Å². The number of likely N-dealkylation sites (tertiary alicyclic amines) is 1. The van der Waals surface area contributed by atoms with Crippen LogP contribution in [0.4, 0.5) is 26.3 Å². The largest absolute Gasteiger partial charge is 0.493 e. The van der Waals surface area contributed by atoms with Crippen LogP contribution in [0.15, 0.2) is 42.5 Å². The normalized spacial score (nSPS) is 16.8. The number of aliphatic hydroxyl groups excluding tert-OH is 1. The molecule has 0 spiro atoms. The monoisotopic (exact) mass is 505 g/mol. The van der Waals surface area contributed by atoms with Gasteiger partial charge in [0.05, 0.1) is 30.3 Å². The summed E-state index contributed by atoms with van der Waals surface area (Å²) in [7, 11) is 0. The van der Waals surface area contributed by atoms with Gasteiger partial charge in [-0.2, -0.15) is 26.3 Å². The van der Waals surface area contributed by atoms with Crippen LogP contribution < -0.4 is 4.74 Å². The molecule has 2 N–H and O–H groups in total. The van der Waals surface area contributed by atoms with Crippen molar-refractivity contribution in [2.45, 2.75) is 44.3 Å². The van der Waals surface area contributed by atoms with Gasteiger partial charge in [0.1, 0.15) is 5.75 Å². The van der Waals surface area contributed by atoms with E-state index in [0.29, 0.717) is 62.1 Å². The van der Waals surface area contributed by atoms with Crippen LogP contribution in [0.3, 0.4) is 0 Å². The van der Waals surface area contributed by atoms with Crippen LogP contribution in [0.1, 0.15) is 47.6 Å². The van der Waals surface area contributed by atoms with Crippen LogP contribution >= 0.6 is 0 Å². The summed E-state index contributed by atoms with van der Waals surface area (Å²) >= 11 is 0. The number of carboxylic acid groups (broad SMARTS) is 1. The molecule has 0 radical (unpaired) electrons. The Morgan fingerprint density at radius 3 is 2.31 bits per heavy atom. The number of alkyl halides is 6. The molecule has 1 saturated heterocycles. The van der Waals surface area contributed by atoms with E-state index in [1.807, 2.05) is 0 Å². The van der Waals surface area contributed by atoms with Crippen molar-refractivity contribution in [1.29, 1.82) is 0 Å². The molecule has 1 fully saturated rings. The lowest BCUT2D eigenvalue weighted by molar-refractivity contribution is -0.142. The minimum Gasteiger partial charge on any atom is -0.493 e. The SMILES string of the molecule is O=C(O)C[C@@H](O)c1cccc(OCC2CCN(Cc3cc(C(F)(F)F)ccc3C(F)(F)F)CC2)c1. The van der Waals surface area contributed by atoms with Crippen molar-refractivity contribution in [2.24, 2.45) is 5.92 Å². The average Bonchev–Trinajstić information content (AvgIpc) is 2.77. The lowest BCUT2D eigenvalue weighted by Crippen LogP contribution is -2.35. The van der Waals surface area contributed by atoms with E-state index in [9.17, 15) is 36.2 Å². The van der Waals surface area contributed by atoms with Crippen molar-refractivity contribution < 1.29 is 46.1 Å². The van der Waals surface area contributed by atoms with E-state index in [2.05, 4.69) is 0 Å². The molecule has 2 aromatic rings. The zero-order chi connectivity index (χ0) is 25.8. The number of hydrogen-bond acceptors (Lipinski definition) is 4. The molecule has 3 rings (SSSR count). The topological polar surface area (TPSA) is 70.0 Å². The van der Waals surface area contributed by atoms with Crippen molar-refractivity contribution in [3.63, 3.8) is 0 Å². The maximum atomic E-state index is 13.3. The van der Waals surface area contributed by atoms with E-state index in [1.54, 1.807) is 29.2 Å². The average molecular weight is 505 g/mol. The van der Waals surface area contributed by atoms with Crippen LogP contribution in [-0.4, -0.2) is 40.8 Å². The fourth-order valence-electron chi connectivity index (χ4n) is 4.04. The molecule has 0 bridgehead atoms. The molecule has 0 amide bonds. The van der Waals surface area contributed by atoms with Crippen LogP contribution in [0.5, 0.6) is 5.75 Å². The molecule has 0 saturated carbocycles.